The van der Waals surface area contributed by atoms with Crippen molar-refractivity contribution in [3.05, 3.63) is 16.1 Å². The van der Waals surface area contributed by atoms with Gasteiger partial charge in [0.2, 0.25) is 0 Å². The lowest BCUT2D eigenvalue weighted by Gasteiger charge is -2.32. The second kappa shape index (κ2) is 10.4. The van der Waals surface area contributed by atoms with E-state index in [-0.39, 0.29) is 30.7 Å². The maximum absolute atomic E-state index is 12.5. The van der Waals surface area contributed by atoms with Crippen molar-refractivity contribution >= 4 is 42.1 Å². The summed E-state index contributed by atoms with van der Waals surface area (Å²) >= 11 is 1.61. The summed E-state index contributed by atoms with van der Waals surface area (Å²) in [6, 6.07) is 0. The van der Waals surface area contributed by atoms with Gasteiger partial charge in [0.25, 0.3) is 5.91 Å². The molecule has 1 aliphatic heterocycles. The number of rotatable bonds is 5. The fourth-order valence-corrected chi connectivity index (χ4v) is 3.70. The van der Waals surface area contributed by atoms with Crippen LogP contribution >= 0.6 is 36.2 Å². The van der Waals surface area contributed by atoms with Gasteiger partial charge in [-0.3, -0.25) is 4.79 Å². The third-order valence-corrected chi connectivity index (χ3v) is 4.52. The summed E-state index contributed by atoms with van der Waals surface area (Å²) in [5.41, 5.74) is 0.635. The summed E-state index contributed by atoms with van der Waals surface area (Å²) in [6.45, 7) is 7.07. The number of halogens is 2. The van der Waals surface area contributed by atoms with E-state index in [1.165, 1.54) is 6.42 Å². The zero-order chi connectivity index (χ0) is 14.5. The predicted molar refractivity (Wildman–Crippen MR) is 97.7 cm³/mol. The van der Waals surface area contributed by atoms with Crippen LogP contribution in [0.1, 0.15) is 42.2 Å². The lowest BCUT2D eigenvalue weighted by molar-refractivity contribution is 0.0669. The van der Waals surface area contributed by atoms with Gasteiger partial charge in [-0.25, -0.2) is 4.98 Å². The van der Waals surface area contributed by atoms with E-state index in [9.17, 15) is 4.79 Å². The molecule has 7 heteroatoms. The Morgan fingerprint density at radius 3 is 2.86 bits per heavy atom. The van der Waals surface area contributed by atoms with Crippen molar-refractivity contribution < 1.29 is 4.79 Å². The van der Waals surface area contributed by atoms with E-state index in [1.54, 1.807) is 11.3 Å². The summed E-state index contributed by atoms with van der Waals surface area (Å²) in [5.74, 6) is 1.27. The van der Waals surface area contributed by atoms with Gasteiger partial charge in [0.1, 0.15) is 5.69 Å². The molecule has 1 atom stereocenters. The minimum Gasteiger partial charge on any atom is -0.337 e. The molecule has 0 saturated carbocycles. The molecule has 0 aromatic carbocycles. The number of carbonyl (C=O) groups is 1. The van der Waals surface area contributed by atoms with Gasteiger partial charge in [0, 0.05) is 24.9 Å². The summed E-state index contributed by atoms with van der Waals surface area (Å²) in [6.07, 6.45) is 3.27. The van der Waals surface area contributed by atoms with Gasteiger partial charge in [-0.15, -0.1) is 36.2 Å². The molecular weight excluding hydrogens is 341 g/mol. The molecule has 1 unspecified atom stereocenters. The number of hydrogen-bond acceptors (Lipinski definition) is 4. The molecule has 0 aliphatic carbocycles. The van der Waals surface area contributed by atoms with Crippen LogP contribution in [0.25, 0.3) is 0 Å². The molecule has 1 aromatic heterocycles. The van der Waals surface area contributed by atoms with Gasteiger partial charge >= 0.3 is 0 Å². The van der Waals surface area contributed by atoms with Crippen LogP contribution in [0, 0.1) is 11.8 Å². The highest BCUT2D eigenvalue weighted by atomic mass is 35.5. The largest absolute Gasteiger partial charge is 0.337 e. The number of aromatic nitrogens is 1. The Hall–Kier alpha value is -0.360. The molecule has 22 heavy (non-hydrogen) atoms. The lowest BCUT2D eigenvalue weighted by Crippen LogP contribution is -2.42. The van der Waals surface area contributed by atoms with Crippen LogP contribution in [0.2, 0.25) is 0 Å². The van der Waals surface area contributed by atoms with Crippen molar-refractivity contribution in [3.63, 3.8) is 0 Å². The molecule has 0 bridgehead atoms. The summed E-state index contributed by atoms with van der Waals surface area (Å²) < 4.78 is 0. The van der Waals surface area contributed by atoms with Crippen molar-refractivity contribution in [2.24, 2.45) is 11.8 Å². The molecule has 4 nitrogen and oxygen atoms in total. The van der Waals surface area contributed by atoms with Crippen molar-refractivity contribution in [2.45, 2.75) is 33.1 Å². The van der Waals surface area contributed by atoms with E-state index in [0.29, 0.717) is 17.5 Å². The lowest BCUT2D eigenvalue weighted by atomic mass is 9.98. The van der Waals surface area contributed by atoms with E-state index in [4.69, 9.17) is 0 Å². The molecular formula is C15H27Cl2N3OS. The number of nitrogens with zero attached hydrogens (tertiary/aromatic N) is 2. The summed E-state index contributed by atoms with van der Waals surface area (Å²) in [4.78, 5) is 19.0. The smallest absolute Gasteiger partial charge is 0.273 e. The minimum absolute atomic E-state index is 0. The molecule has 1 aromatic rings. The number of hydrogen-bond donors (Lipinski definition) is 1. The first-order valence-electron chi connectivity index (χ1n) is 7.48. The number of carbonyl (C=O) groups excluding carboxylic acids is 1. The average Bonchev–Trinajstić information content (AvgIpc) is 2.86. The van der Waals surface area contributed by atoms with E-state index < -0.39 is 0 Å². The Morgan fingerprint density at radius 2 is 2.23 bits per heavy atom. The zero-order valence-electron chi connectivity index (χ0n) is 13.5. The molecule has 128 valence electrons. The van der Waals surface area contributed by atoms with Crippen LogP contribution in [-0.2, 0) is 6.42 Å². The summed E-state index contributed by atoms with van der Waals surface area (Å²) in [7, 11) is 1.97. The molecule has 1 amide bonds. The van der Waals surface area contributed by atoms with Crippen molar-refractivity contribution in [1.29, 1.82) is 0 Å². The van der Waals surface area contributed by atoms with Crippen LogP contribution < -0.4 is 5.32 Å². The fourth-order valence-electron chi connectivity index (χ4n) is 2.72. The number of thiazole rings is 1. The first kappa shape index (κ1) is 21.6. The normalized spacial score (nSPS) is 17.8. The van der Waals surface area contributed by atoms with Gasteiger partial charge in [0.05, 0.1) is 5.01 Å². The SMILES string of the molecule is CNCC1CCCN(C(=O)c2csc(CC(C)C)n2)C1.Cl.Cl. The van der Waals surface area contributed by atoms with Crippen molar-refractivity contribution in [1.82, 2.24) is 15.2 Å². The third-order valence-electron chi connectivity index (χ3n) is 3.65. The maximum Gasteiger partial charge on any atom is 0.273 e. The first-order chi connectivity index (χ1) is 9.60. The average molecular weight is 368 g/mol. The molecule has 1 saturated heterocycles. The highest BCUT2D eigenvalue weighted by molar-refractivity contribution is 7.09. The fraction of sp³-hybridized carbons (Fsp3) is 0.733. The van der Waals surface area contributed by atoms with Crippen LogP contribution in [0.4, 0.5) is 0 Å². The molecule has 2 rings (SSSR count). The molecule has 0 radical (unpaired) electrons. The van der Waals surface area contributed by atoms with Crippen LogP contribution in [0.3, 0.4) is 0 Å². The predicted octanol–water partition coefficient (Wildman–Crippen LogP) is 3.26. The quantitative estimate of drug-likeness (QED) is 0.868. The molecule has 0 spiro atoms. The van der Waals surface area contributed by atoms with Crippen LogP contribution in [-0.4, -0.2) is 42.5 Å². The van der Waals surface area contributed by atoms with Gasteiger partial charge in [-0.2, -0.15) is 0 Å². The van der Waals surface area contributed by atoms with Gasteiger partial charge in [-0.05, 0) is 38.3 Å². The summed E-state index contributed by atoms with van der Waals surface area (Å²) in [5, 5.41) is 6.21. The van der Waals surface area contributed by atoms with E-state index in [1.807, 2.05) is 17.3 Å². The van der Waals surface area contributed by atoms with Crippen molar-refractivity contribution in [2.75, 3.05) is 26.7 Å². The Kier molecular flexibility index (Phi) is 10.3. The molecule has 1 N–H and O–H groups in total. The minimum atomic E-state index is 0. The number of piperidine rings is 1. The van der Waals surface area contributed by atoms with E-state index >= 15 is 0 Å². The highest BCUT2D eigenvalue weighted by Gasteiger charge is 2.25. The van der Waals surface area contributed by atoms with Gasteiger partial charge < -0.3 is 10.2 Å². The maximum atomic E-state index is 12.5. The Bertz CT molecular complexity index is 452. The van der Waals surface area contributed by atoms with Gasteiger partial charge in [-0.1, -0.05) is 13.8 Å². The number of nitrogens with one attached hydrogen (secondary N) is 1. The molecule has 1 aliphatic rings. The van der Waals surface area contributed by atoms with Crippen LogP contribution in [0.5, 0.6) is 0 Å². The monoisotopic (exact) mass is 367 g/mol. The number of likely N-dealkylation sites (tertiary alicyclic amines) is 1. The van der Waals surface area contributed by atoms with E-state index in [0.717, 1.165) is 37.5 Å². The highest BCUT2D eigenvalue weighted by Crippen LogP contribution is 2.20. The van der Waals surface area contributed by atoms with Crippen molar-refractivity contribution in [3.8, 4) is 0 Å². The first-order valence-corrected chi connectivity index (χ1v) is 8.36. The molecule has 1 fully saturated rings. The topological polar surface area (TPSA) is 45.2 Å². The molecule has 2 heterocycles. The second-order valence-corrected chi connectivity index (χ2v) is 6.98. The number of amides is 1. The third kappa shape index (κ3) is 6.03. The van der Waals surface area contributed by atoms with Crippen LogP contribution in [0.15, 0.2) is 5.38 Å². The van der Waals surface area contributed by atoms with Gasteiger partial charge in [0.15, 0.2) is 0 Å². The zero-order valence-corrected chi connectivity index (χ0v) is 16.0. The Labute approximate surface area is 149 Å². The Balaban J connectivity index is 0.00000220. The second-order valence-electron chi connectivity index (χ2n) is 6.04. The van der Waals surface area contributed by atoms with E-state index in [2.05, 4.69) is 24.1 Å². The Morgan fingerprint density at radius 1 is 1.50 bits per heavy atom. The standard InChI is InChI=1S/C15H25N3OS.2ClH/c1-11(2)7-14-17-13(10-20-14)15(19)18-6-4-5-12(9-18)8-16-3;;/h10-12,16H,4-9H2,1-3H3;2*1H.